The van der Waals surface area contributed by atoms with Gasteiger partial charge >= 0.3 is 0 Å². The Morgan fingerprint density at radius 1 is 0.246 bits per heavy atom. The Kier molecular flexibility index (Phi) is 20.2. The average Bonchev–Trinajstić information content (AvgIpc) is 1.54. The van der Waals surface area contributed by atoms with Crippen LogP contribution in [-0.2, 0) is 39.1 Å². The van der Waals surface area contributed by atoms with Crippen molar-refractivity contribution in [2.24, 2.45) is 0 Å². The summed E-state index contributed by atoms with van der Waals surface area (Å²) >= 11 is 0. The topological polar surface area (TPSA) is 137 Å². The van der Waals surface area contributed by atoms with Gasteiger partial charge in [-0.1, -0.05) is 406 Å². The Morgan fingerprint density at radius 3 is 1.15 bits per heavy atom. The van der Waals surface area contributed by atoms with Gasteiger partial charge in [-0.15, -0.1) is 0 Å². The van der Waals surface area contributed by atoms with E-state index in [4.69, 9.17) is 9.97 Å². The van der Waals surface area contributed by atoms with Crippen LogP contribution in [-0.4, -0.2) is 26.3 Å². The summed E-state index contributed by atoms with van der Waals surface area (Å²) in [4.78, 5) is 9.60. The van der Waals surface area contributed by atoms with Gasteiger partial charge in [0.15, 0.2) is 28.6 Å². The number of hydrogen-bond acceptors (Lipinski definition) is 9. The number of hydrogen-bond donors (Lipinski definition) is 0. The lowest BCUT2D eigenvalue weighted by atomic mass is 9.76. The van der Waals surface area contributed by atoms with Crippen LogP contribution < -0.4 is 69.0 Å². The van der Waals surface area contributed by atoms with E-state index in [1.165, 1.54) is 55.3 Å². The highest BCUT2D eigenvalue weighted by Gasteiger charge is 2.54. The van der Waals surface area contributed by atoms with Gasteiger partial charge in [-0.05, 0) is 148 Å². The first-order valence-corrected chi connectivity index (χ1v) is 54.6. The van der Waals surface area contributed by atoms with E-state index in [2.05, 4.69) is 235 Å². The molecule has 648 valence electrons. The summed E-state index contributed by atoms with van der Waals surface area (Å²) in [6, 6.07) is 132. The van der Waals surface area contributed by atoms with E-state index >= 15 is 22.8 Å². The summed E-state index contributed by atoms with van der Waals surface area (Å²) in [6.07, 6.45) is 6.97. The van der Waals surface area contributed by atoms with Crippen molar-refractivity contribution in [2.45, 2.75) is 71.1 Å². The lowest BCUT2D eigenvalue weighted by molar-refractivity contribution is 0.586. The first kappa shape index (κ1) is 84.6. The predicted molar refractivity (Wildman–Crippen MR) is 560 cm³/mol. The largest absolute Gasteiger partial charge is 0.314 e. The van der Waals surface area contributed by atoms with Gasteiger partial charge in [0.25, 0.3) is 0 Å². The molecule has 8 aliphatic rings. The van der Waals surface area contributed by atoms with E-state index in [9.17, 15) is 0 Å². The van der Waals surface area contributed by atoms with E-state index in [1.54, 1.807) is 12.4 Å². The maximum absolute atomic E-state index is 15.6. The number of allylic oxidation sites excluding steroid dienone is 3. The number of rotatable bonds is 6. The third kappa shape index (κ3) is 12.3. The molecule has 134 heavy (non-hydrogen) atoms. The SMILES string of the molecule is CC1(C)C2=C(c3ccccc3P(=O)(c3ccccc3)c3ccccc32)c2ncccc21.CC1(C)C2=C(c3nnccc31)c1c(ccc3ccccc13)P(=O)(c1ccccc1)c1ccccc12.CCCP1(=O)c2ccccc2C2=C(c3c1ccc1ccccc31)C(C)(C)c1ccccc12.O=P1(c2ccccc2)C2=C(c3ccccc3P(=O)(c3ccccc3)c3ccccc32)c2ncccc21. The molecule has 0 saturated heterocycles. The zero-order chi connectivity index (χ0) is 91.4. The summed E-state index contributed by atoms with van der Waals surface area (Å²) in [6.45, 7) is 15.8. The van der Waals surface area contributed by atoms with Crippen molar-refractivity contribution in [3.05, 3.63) is 497 Å². The minimum Gasteiger partial charge on any atom is -0.314 e. The number of pyridine rings is 2. The van der Waals surface area contributed by atoms with E-state index in [1.807, 2.05) is 225 Å². The third-order valence-electron chi connectivity index (χ3n) is 28.9. The summed E-state index contributed by atoms with van der Waals surface area (Å²) in [5.74, 6) is 0. The number of benzene rings is 15. The molecule has 3 aliphatic carbocycles. The van der Waals surface area contributed by atoms with Crippen molar-refractivity contribution in [3.8, 4) is 0 Å². The highest BCUT2D eigenvalue weighted by atomic mass is 31.2. The van der Waals surface area contributed by atoms with E-state index in [-0.39, 0.29) is 16.2 Å². The molecule has 0 saturated carbocycles. The highest BCUT2D eigenvalue weighted by Crippen LogP contribution is 2.69. The van der Waals surface area contributed by atoms with E-state index < -0.39 is 35.7 Å². The highest BCUT2D eigenvalue weighted by molar-refractivity contribution is 7.90. The van der Waals surface area contributed by atoms with Gasteiger partial charge in [0.2, 0.25) is 0 Å². The smallest absolute Gasteiger partial charge is 0.174 e. The van der Waals surface area contributed by atoms with Gasteiger partial charge in [0, 0.05) is 138 Å². The maximum Gasteiger partial charge on any atom is 0.174 e. The van der Waals surface area contributed by atoms with Crippen molar-refractivity contribution < 1.29 is 22.8 Å². The standard InChI is InChI=1S/C31H23N2OP.C31H21NO2P2.C30H27OP.C28H22NOP/c1-31(2)24-18-19-32-33-30(24)28-27-22-13-7-6-10-20(22)16-17-26(27)35(34,21-11-4-3-5-12-21)25-15-9-8-14-23(25)29(28)31;33-35(22-12-3-1-4-13-22)26-18-9-7-16-24(26)29-30-28(20-11-21-32-30)36(34,23-14-5-2-6-15-23)31(29)25-17-8-10-19-27(25)35;1-4-19-32(31)25-16-10-8-14-23(25)27-22-13-7-9-15-24(22)30(2,3)29(27)28-21-12-6-5-11-20(21)17-18-26(28)32;1-28(2)22-15-10-18-29-27(22)25-20-13-6-8-16-23(20)31(30,19-11-4-3-5-12-19)24-17-9-7-14-21(24)26(25)28/h3-19H,1-2H3;1-21H;5-18H,4,19H2,1-3H3;3-18H,1-2H3. The molecule has 5 aliphatic heterocycles. The molecule has 0 radical (unpaired) electrons. The van der Waals surface area contributed by atoms with E-state index in [0.29, 0.717) is 11.9 Å². The van der Waals surface area contributed by atoms with Crippen LogP contribution in [0.2, 0.25) is 0 Å². The molecular formula is C120H93N4O5P5. The first-order valence-electron chi connectivity index (χ1n) is 45.9. The monoisotopic (exact) mass is 1820 g/mol. The molecule has 0 amide bonds. The molecule has 0 spiro atoms. The second-order valence-electron chi connectivity index (χ2n) is 37.2. The molecule has 0 bridgehead atoms. The zero-order valence-electron chi connectivity index (χ0n) is 75.2. The van der Waals surface area contributed by atoms with Gasteiger partial charge < -0.3 is 22.8 Å². The second kappa shape index (κ2) is 32.0. The Hall–Kier alpha value is -13.7. The van der Waals surface area contributed by atoms with E-state index in [0.717, 1.165) is 164 Å². The second-order valence-corrected chi connectivity index (χ2v) is 50.8. The number of fused-ring (bicyclic) bond motifs is 28. The molecule has 15 aromatic carbocycles. The van der Waals surface area contributed by atoms with Crippen molar-refractivity contribution in [2.75, 3.05) is 6.16 Å². The molecule has 8 heterocycles. The van der Waals surface area contributed by atoms with Gasteiger partial charge in [-0.3, -0.25) is 9.97 Å². The zero-order valence-corrected chi connectivity index (χ0v) is 79.7. The lowest BCUT2D eigenvalue weighted by Gasteiger charge is -2.29. The molecule has 14 heteroatoms. The Balaban J connectivity index is 0.000000101. The predicted octanol–water partition coefficient (Wildman–Crippen LogP) is 23.5. The fourth-order valence-electron chi connectivity index (χ4n) is 23.2. The number of nitrogens with zero attached hydrogens (tertiary/aromatic N) is 4. The minimum absolute atomic E-state index is 0.181. The van der Waals surface area contributed by atoms with Crippen LogP contribution in [0.3, 0.4) is 0 Å². The molecule has 18 aromatic rings. The molecule has 0 N–H and O–H groups in total. The van der Waals surface area contributed by atoms with Crippen molar-refractivity contribution in [3.63, 3.8) is 0 Å². The van der Waals surface area contributed by atoms with Gasteiger partial charge in [0.1, 0.15) is 7.14 Å². The fourth-order valence-corrected chi connectivity index (χ4v) is 38.8. The molecule has 9 nitrogen and oxygen atoms in total. The van der Waals surface area contributed by atoms with Crippen LogP contribution in [0.15, 0.2) is 413 Å². The van der Waals surface area contributed by atoms with Gasteiger partial charge in [-0.25, -0.2) is 0 Å². The van der Waals surface area contributed by atoms with Crippen molar-refractivity contribution >= 4 is 171 Å². The van der Waals surface area contributed by atoms with Crippen LogP contribution in [0, 0.1) is 0 Å². The van der Waals surface area contributed by atoms with Crippen LogP contribution >= 0.6 is 35.7 Å². The number of aromatic nitrogens is 4. The van der Waals surface area contributed by atoms with Crippen LogP contribution in [0.25, 0.3) is 65.9 Å². The molecule has 5 unspecified atom stereocenters. The molecule has 26 rings (SSSR count). The lowest BCUT2D eigenvalue weighted by Crippen LogP contribution is -2.29. The van der Waals surface area contributed by atoms with Crippen molar-refractivity contribution in [1.82, 2.24) is 20.2 Å². The molecule has 3 aromatic heterocycles. The molecule has 0 fully saturated rings. The van der Waals surface area contributed by atoms with Crippen LogP contribution in [0.4, 0.5) is 0 Å². The normalized spacial score (nSPS) is 20.5. The maximum atomic E-state index is 15.6. The Morgan fingerprint density at radius 2 is 0.612 bits per heavy atom. The quantitative estimate of drug-likeness (QED) is 0.149. The van der Waals surface area contributed by atoms with Gasteiger partial charge in [-0.2, -0.15) is 10.2 Å². The minimum atomic E-state index is -3.31. The fraction of sp³-hybridized carbons (Fsp3) is 0.100. The summed E-state index contributed by atoms with van der Waals surface area (Å²) < 4.78 is 76.9. The average molecular weight is 1830 g/mol. The molecular weight excluding hydrogens is 1730 g/mol. The third-order valence-corrected chi connectivity index (χ3v) is 45.0. The first-order chi connectivity index (χ1) is 65.2. The Bertz CT molecular complexity index is 8420. The van der Waals surface area contributed by atoms with Crippen molar-refractivity contribution in [1.29, 1.82) is 0 Å². The summed E-state index contributed by atoms with van der Waals surface area (Å²) in [7, 11) is -15.7. The summed E-state index contributed by atoms with van der Waals surface area (Å²) in [5.41, 5.74) is 23.0. The molecule has 5 atom stereocenters. The Labute approximate surface area is 781 Å². The van der Waals surface area contributed by atoms with Crippen LogP contribution in [0.5, 0.6) is 0 Å². The summed E-state index contributed by atoms with van der Waals surface area (Å²) in [5, 5.41) is 25.4. The van der Waals surface area contributed by atoms with Crippen LogP contribution in [0.1, 0.15) is 139 Å². The van der Waals surface area contributed by atoms with Gasteiger partial charge in [0.05, 0.1) is 17.1 Å².